The molecule has 0 atom stereocenters. The molecule has 2 aromatic rings. The zero-order chi connectivity index (χ0) is 17.2. The monoisotopic (exact) mass is 345 g/mol. The molecule has 128 valence electrons. The van der Waals surface area contributed by atoms with Crippen LogP contribution in [0.1, 0.15) is 50.7 Å². The van der Waals surface area contributed by atoms with Crippen LogP contribution in [0.3, 0.4) is 0 Å². The Labute approximate surface area is 146 Å². The van der Waals surface area contributed by atoms with Gasteiger partial charge in [-0.1, -0.05) is 51.0 Å². The molecule has 3 nitrogen and oxygen atoms in total. The fourth-order valence-electron chi connectivity index (χ4n) is 2.39. The first-order chi connectivity index (χ1) is 11.7. The van der Waals surface area contributed by atoms with Crippen LogP contribution < -0.4 is 9.05 Å². The number of hydrogen-bond acceptors (Lipinski definition) is 3. The highest BCUT2D eigenvalue weighted by atomic mass is 31.1. The lowest BCUT2D eigenvalue weighted by Crippen LogP contribution is -1.91. The summed E-state index contributed by atoms with van der Waals surface area (Å²) in [4.78, 5) is 0. The lowest BCUT2D eigenvalue weighted by molar-refractivity contribution is 0.415. The molecule has 2 aromatic carbocycles. The van der Waals surface area contributed by atoms with E-state index in [9.17, 15) is 4.57 Å². The third kappa shape index (κ3) is 6.33. The molecule has 0 aliphatic carbocycles. The van der Waals surface area contributed by atoms with E-state index in [4.69, 9.17) is 9.05 Å². The van der Waals surface area contributed by atoms with Crippen LogP contribution in [-0.4, -0.2) is 0 Å². The Morgan fingerprint density at radius 2 is 1.08 bits per heavy atom. The lowest BCUT2D eigenvalue weighted by atomic mass is 10.1. The van der Waals surface area contributed by atoms with E-state index in [1.165, 1.54) is 36.8 Å². The zero-order valence-electron chi connectivity index (χ0n) is 14.5. The maximum absolute atomic E-state index is 12.0. The standard InChI is InChI=1S/C20H26O3P/c1-3-5-7-17-9-13-19(14-10-17)22-24(21)23-20-15-11-18(12-16-20)8-6-4-2/h9-16H,3-8H2,1-2H3/q+1. The molecule has 0 radical (unpaired) electrons. The van der Waals surface area contributed by atoms with Crippen LogP contribution in [0.5, 0.6) is 11.5 Å². The summed E-state index contributed by atoms with van der Waals surface area (Å²) in [7, 11) is -2.22. The minimum atomic E-state index is -2.22. The summed E-state index contributed by atoms with van der Waals surface area (Å²) in [6.07, 6.45) is 6.82. The minimum Gasteiger partial charge on any atom is -0.222 e. The van der Waals surface area contributed by atoms with Gasteiger partial charge in [0, 0.05) is 4.57 Å². The molecular weight excluding hydrogens is 319 g/mol. The van der Waals surface area contributed by atoms with Crippen molar-refractivity contribution in [3.8, 4) is 11.5 Å². The molecule has 4 heteroatoms. The molecule has 0 aliphatic heterocycles. The second kappa shape index (κ2) is 10.1. The molecule has 2 rings (SSSR count). The van der Waals surface area contributed by atoms with Crippen molar-refractivity contribution in [2.24, 2.45) is 0 Å². The molecule has 24 heavy (non-hydrogen) atoms. The molecule has 0 amide bonds. The third-order valence-electron chi connectivity index (χ3n) is 3.84. The van der Waals surface area contributed by atoms with Crippen LogP contribution in [0.15, 0.2) is 48.5 Å². The van der Waals surface area contributed by atoms with Crippen LogP contribution in [0, 0.1) is 0 Å². The molecule has 0 spiro atoms. The Morgan fingerprint density at radius 1 is 0.708 bits per heavy atom. The molecule has 0 unspecified atom stereocenters. The Kier molecular flexibility index (Phi) is 7.77. The first-order valence-electron chi connectivity index (χ1n) is 8.72. The molecular formula is C20H26O3P+. The maximum Gasteiger partial charge on any atom is 0.805 e. The van der Waals surface area contributed by atoms with Gasteiger partial charge in [-0.3, -0.25) is 0 Å². The van der Waals surface area contributed by atoms with Gasteiger partial charge in [-0.2, -0.15) is 0 Å². The van der Waals surface area contributed by atoms with Gasteiger partial charge in [0.1, 0.15) is 0 Å². The van der Waals surface area contributed by atoms with Crippen molar-refractivity contribution in [3.05, 3.63) is 59.7 Å². The smallest absolute Gasteiger partial charge is 0.222 e. The Morgan fingerprint density at radius 3 is 1.42 bits per heavy atom. The van der Waals surface area contributed by atoms with E-state index >= 15 is 0 Å². The fourth-order valence-corrected chi connectivity index (χ4v) is 3.01. The van der Waals surface area contributed by atoms with Crippen molar-refractivity contribution in [3.63, 3.8) is 0 Å². The number of benzene rings is 2. The van der Waals surface area contributed by atoms with Gasteiger partial charge in [0.25, 0.3) is 0 Å². The Balaban J connectivity index is 1.84. The van der Waals surface area contributed by atoms with Crippen LogP contribution in [0.2, 0.25) is 0 Å². The van der Waals surface area contributed by atoms with Crippen LogP contribution in [0.4, 0.5) is 0 Å². The number of aryl methyl sites for hydroxylation is 2. The predicted molar refractivity (Wildman–Crippen MR) is 99.0 cm³/mol. The van der Waals surface area contributed by atoms with Crippen molar-refractivity contribution < 1.29 is 13.6 Å². The predicted octanol–water partition coefficient (Wildman–Crippen LogP) is 6.49. The van der Waals surface area contributed by atoms with Crippen LogP contribution in [-0.2, 0) is 17.4 Å². The van der Waals surface area contributed by atoms with Crippen LogP contribution in [0.25, 0.3) is 0 Å². The summed E-state index contributed by atoms with van der Waals surface area (Å²) in [6, 6.07) is 15.4. The average molecular weight is 345 g/mol. The van der Waals surface area contributed by atoms with Crippen molar-refractivity contribution in [1.82, 2.24) is 0 Å². The van der Waals surface area contributed by atoms with E-state index in [2.05, 4.69) is 13.8 Å². The second-order valence-corrected chi connectivity index (χ2v) is 6.71. The van der Waals surface area contributed by atoms with Crippen molar-refractivity contribution >= 4 is 8.25 Å². The van der Waals surface area contributed by atoms with Gasteiger partial charge in [0.05, 0.1) is 0 Å². The average Bonchev–Trinajstić information content (AvgIpc) is 2.60. The highest BCUT2D eigenvalue weighted by Crippen LogP contribution is 2.30. The van der Waals surface area contributed by atoms with E-state index in [0.29, 0.717) is 11.5 Å². The van der Waals surface area contributed by atoms with Gasteiger partial charge in [-0.05, 0) is 61.1 Å². The van der Waals surface area contributed by atoms with Crippen LogP contribution >= 0.6 is 8.25 Å². The van der Waals surface area contributed by atoms with E-state index in [-0.39, 0.29) is 0 Å². The largest absolute Gasteiger partial charge is 0.805 e. The molecule has 0 bridgehead atoms. The van der Waals surface area contributed by atoms with E-state index in [1.54, 1.807) is 0 Å². The molecule has 0 saturated heterocycles. The normalized spacial score (nSPS) is 10.4. The molecule has 0 heterocycles. The summed E-state index contributed by atoms with van der Waals surface area (Å²) < 4.78 is 22.7. The van der Waals surface area contributed by atoms with Crippen molar-refractivity contribution in [2.45, 2.75) is 52.4 Å². The molecule has 0 saturated carbocycles. The summed E-state index contributed by atoms with van der Waals surface area (Å²) in [6.45, 7) is 4.35. The van der Waals surface area contributed by atoms with E-state index in [0.717, 1.165) is 12.8 Å². The molecule has 0 aliphatic rings. The van der Waals surface area contributed by atoms with Crippen molar-refractivity contribution in [2.75, 3.05) is 0 Å². The highest BCUT2D eigenvalue weighted by Gasteiger charge is 2.23. The summed E-state index contributed by atoms with van der Waals surface area (Å²) >= 11 is 0. The van der Waals surface area contributed by atoms with E-state index < -0.39 is 8.25 Å². The summed E-state index contributed by atoms with van der Waals surface area (Å²) in [5.74, 6) is 1.13. The highest BCUT2D eigenvalue weighted by molar-refractivity contribution is 7.34. The quantitative estimate of drug-likeness (QED) is 0.462. The summed E-state index contributed by atoms with van der Waals surface area (Å²) in [5, 5.41) is 0. The Bertz CT molecular complexity index is 565. The topological polar surface area (TPSA) is 35.5 Å². The maximum atomic E-state index is 12.0. The SMILES string of the molecule is CCCCc1ccc(O[P+](=O)Oc2ccc(CCCC)cc2)cc1. The lowest BCUT2D eigenvalue weighted by Gasteiger charge is -2.01. The Hall–Kier alpha value is -1.86. The van der Waals surface area contributed by atoms with Gasteiger partial charge in [0.2, 0.25) is 0 Å². The first kappa shape index (κ1) is 18.5. The molecule has 0 aromatic heterocycles. The van der Waals surface area contributed by atoms with Gasteiger partial charge in [-0.15, -0.1) is 0 Å². The second-order valence-electron chi connectivity index (χ2n) is 5.90. The zero-order valence-corrected chi connectivity index (χ0v) is 15.4. The minimum absolute atomic E-state index is 0.566. The third-order valence-corrected chi connectivity index (χ3v) is 4.56. The fraction of sp³-hybridized carbons (Fsp3) is 0.400. The molecule has 0 fully saturated rings. The summed E-state index contributed by atoms with van der Waals surface area (Å²) in [5.41, 5.74) is 2.53. The number of rotatable bonds is 10. The first-order valence-corrected chi connectivity index (χ1v) is 9.82. The number of unbranched alkanes of at least 4 members (excludes halogenated alkanes) is 2. The molecule has 0 N–H and O–H groups in total. The van der Waals surface area contributed by atoms with Gasteiger partial charge < -0.3 is 0 Å². The van der Waals surface area contributed by atoms with Gasteiger partial charge in [0.15, 0.2) is 11.5 Å². The van der Waals surface area contributed by atoms with Gasteiger partial charge >= 0.3 is 8.25 Å². The van der Waals surface area contributed by atoms with E-state index in [1.807, 2.05) is 48.5 Å². The number of hydrogen-bond donors (Lipinski definition) is 0. The van der Waals surface area contributed by atoms with Gasteiger partial charge in [-0.25, -0.2) is 9.05 Å². The van der Waals surface area contributed by atoms with Crippen molar-refractivity contribution in [1.29, 1.82) is 0 Å².